The Labute approximate surface area is 158 Å². The number of rotatable bonds is 3. The fourth-order valence-electron chi connectivity index (χ4n) is 2.17. The van der Waals surface area contributed by atoms with Gasteiger partial charge in [-0.3, -0.25) is 9.59 Å². The van der Waals surface area contributed by atoms with Gasteiger partial charge in [-0.15, -0.1) is 0 Å². The predicted molar refractivity (Wildman–Crippen MR) is 103 cm³/mol. The lowest BCUT2D eigenvalue weighted by Gasteiger charge is -2.22. The highest BCUT2D eigenvalue weighted by Gasteiger charge is 2.30. The number of nitrogens with zero attached hydrogens (tertiary/aromatic N) is 1. The van der Waals surface area contributed by atoms with Crippen LogP contribution in [0.3, 0.4) is 0 Å². The lowest BCUT2D eigenvalue weighted by Crippen LogP contribution is -2.41. The number of hydrogen-bond donors (Lipinski definition) is 2. The molecule has 2 N–H and O–H groups in total. The number of aliphatic imine (C=N–C) groups is 1. The first-order valence-electron chi connectivity index (χ1n) is 7.37. The van der Waals surface area contributed by atoms with E-state index in [0.29, 0.717) is 26.6 Å². The minimum atomic E-state index is -0.571. The molecule has 2 aromatic rings. The maximum Gasteiger partial charge on any atom is 0.238 e. The minimum absolute atomic E-state index is 0.0801. The molecule has 0 aromatic heterocycles. The second kappa shape index (κ2) is 7.91. The first kappa shape index (κ1) is 17.8. The molecule has 1 saturated heterocycles. The Bertz CT molecular complexity index is 840. The molecule has 8 heteroatoms. The van der Waals surface area contributed by atoms with Gasteiger partial charge in [-0.1, -0.05) is 41.0 Å². The van der Waals surface area contributed by atoms with Gasteiger partial charge < -0.3 is 10.6 Å². The van der Waals surface area contributed by atoms with E-state index in [9.17, 15) is 9.59 Å². The molecule has 1 atom stereocenters. The summed E-state index contributed by atoms with van der Waals surface area (Å²) in [6.07, 6.45) is 0.0801. The summed E-state index contributed by atoms with van der Waals surface area (Å²) in [5, 5.41) is 6.38. The van der Waals surface area contributed by atoms with Crippen molar-refractivity contribution in [2.75, 3.05) is 5.32 Å². The molecular formula is C17H13Cl2N3O2S. The number of nitrogens with one attached hydrogen (secondary N) is 2. The average molecular weight is 394 g/mol. The van der Waals surface area contributed by atoms with Crippen LogP contribution in [0, 0.1) is 0 Å². The molecule has 1 heterocycles. The van der Waals surface area contributed by atoms with Crippen LogP contribution in [-0.2, 0) is 9.59 Å². The van der Waals surface area contributed by atoms with Gasteiger partial charge in [-0.2, -0.15) is 0 Å². The molecule has 1 aliphatic heterocycles. The molecule has 128 valence electrons. The molecule has 1 fully saturated rings. The van der Waals surface area contributed by atoms with Crippen LogP contribution in [0.2, 0.25) is 10.0 Å². The highest BCUT2D eigenvalue weighted by atomic mass is 35.5. The fourth-order valence-corrected chi connectivity index (χ4v) is 3.48. The third-order valence-corrected chi connectivity index (χ3v) is 4.88. The summed E-state index contributed by atoms with van der Waals surface area (Å²) < 4.78 is 0. The van der Waals surface area contributed by atoms with Crippen molar-refractivity contribution in [1.82, 2.24) is 5.32 Å². The molecule has 0 unspecified atom stereocenters. The predicted octanol–water partition coefficient (Wildman–Crippen LogP) is 4.24. The van der Waals surface area contributed by atoms with E-state index in [1.165, 1.54) is 11.8 Å². The second-order valence-corrected chi connectivity index (χ2v) is 7.32. The van der Waals surface area contributed by atoms with E-state index in [2.05, 4.69) is 15.6 Å². The number of carbonyl (C=O) groups excluding carboxylic acids is 2. The van der Waals surface area contributed by atoms with Crippen molar-refractivity contribution in [3.63, 3.8) is 0 Å². The third kappa shape index (κ3) is 4.98. The maximum atomic E-state index is 12.4. The molecule has 0 saturated carbocycles. The zero-order chi connectivity index (χ0) is 17.8. The molecule has 0 spiro atoms. The van der Waals surface area contributed by atoms with E-state index in [1.807, 2.05) is 0 Å². The van der Waals surface area contributed by atoms with E-state index >= 15 is 0 Å². The zero-order valence-electron chi connectivity index (χ0n) is 12.8. The summed E-state index contributed by atoms with van der Waals surface area (Å²) in [7, 11) is 0. The largest absolute Gasteiger partial charge is 0.325 e. The van der Waals surface area contributed by atoms with Crippen LogP contribution in [0.1, 0.15) is 6.42 Å². The van der Waals surface area contributed by atoms with Gasteiger partial charge in [0.2, 0.25) is 11.8 Å². The molecule has 25 heavy (non-hydrogen) atoms. The Kier molecular flexibility index (Phi) is 5.63. The number of amides is 2. The Morgan fingerprint density at radius 3 is 2.64 bits per heavy atom. The smallest absolute Gasteiger partial charge is 0.238 e. The summed E-state index contributed by atoms with van der Waals surface area (Å²) in [5.41, 5.74) is 1.23. The van der Waals surface area contributed by atoms with Gasteiger partial charge in [-0.25, -0.2) is 4.99 Å². The quantitative estimate of drug-likeness (QED) is 0.818. The molecule has 1 aliphatic rings. The van der Waals surface area contributed by atoms with E-state index in [4.69, 9.17) is 23.2 Å². The zero-order valence-corrected chi connectivity index (χ0v) is 15.2. The average Bonchev–Trinajstić information content (AvgIpc) is 2.56. The van der Waals surface area contributed by atoms with E-state index in [1.54, 1.807) is 48.5 Å². The van der Waals surface area contributed by atoms with Crippen LogP contribution in [0.25, 0.3) is 0 Å². The standard InChI is InChI=1S/C17H13Cl2N3O2S/c18-10-4-6-12(7-5-10)21-17-22-15(23)9-14(25-17)16(24)20-13-3-1-2-11(19)8-13/h1-8,14H,9H2,(H,20,24)(H,21,22,23)/t14-/m1/s1. The number of halogens is 2. The van der Waals surface area contributed by atoms with Crippen molar-refractivity contribution >= 4 is 63.3 Å². The highest BCUT2D eigenvalue weighted by Crippen LogP contribution is 2.26. The number of amidine groups is 1. The molecule has 5 nitrogen and oxygen atoms in total. The van der Waals surface area contributed by atoms with Gasteiger partial charge >= 0.3 is 0 Å². The van der Waals surface area contributed by atoms with Crippen LogP contribution in [0.15, 0.2) is 53.5 Å². The van der Waals surface area contributed by atoms with Crippen molar-refractivity contribution in [2.24, 2.45) is 4.99 Å². The molecule has 2 amide bonds. The summed E-state index contributed by atoms with van der Waals surface area (Å²) in [6.45, 7) is 0. The second-order valence-electron chi connectivity index (χ2n) is 5.25. The molecule has 2 aromatic carbocycles. The van der Waals surface area contributed by atoms with Crippen LogP contribution in [0.5, 0.6) is 0 Å². The van der Waals surface area contributed by atoms with Crippen molar-refractivity contribution < 1.29 is 9.59 Å². The van der Waals surface area contributed by atoms with Crippen LogP contribution in [-0.4, -0.2) is 22.2 Å². The monoisotopic (exact) mass is 393 g/mol. The fraction of sp³-hybridized carbons (Fsp3) is 0.118. The lowest BCUT2D eigenvalue weighted by atomic mass is 10.2. The molecule has 3 rings (SSSR count). The van der Waals surface area contributed by atoms with Crippen LogP contribution < -0.4 is 10.6 Å². The maximum absolute atomic E-state index is 12.4. The van der Waals surface area contributed by atoms with Gasteiger partial charge in [0.1, 0.15) is 5.25 Å². The summed E-state index contributed by atoms with van der Waals surface area (Å²) in [5.74, 6) is -0.524. The van der Waals surface area contributed by atoms with Crippen molar-refractivity contribution in [1.29, 1.82) is 0 Å². The molecular weight excluding hydrogens is 381 g/mol. The number of anilines is 1. The Morgan fingerprint density at radius 2 is 1.92 bits per heavy atom. The van der Waals surface area contributed by atoms with Crippen LogP contribution in [0.4, 0.5) is 11.4 Å². The topological polar surface area (TPSA) is 70.6 Å². The number of carbonyl (C=O) groups is 2. The van der Waals surface area contributed by atoms with Crippen molar-refractivity contribution in [2.45, 2.75) is 11.7 Å². The van der Waals surface area contributed by atoms with Gasteiger partial charge in [0.15, 0.2) is 5.17 Å². The van der Waals surface area contributed by atoms with Crippen molar-refractivity contribution in [3.05, 3.63) is 58.6 Å². The van der Waals surface area contributed by atoms with Gasteiger partial charge in [-0.05, 0) is 42.5 Å². The Balaban J connectivity index is 1.72. The van der Waals surface area contributed by atoms with Gasteiger partial charge in [0.25, 0.3) is 0 Å². The SMILES string of the molecule is O=C1C[C@H](C(=O)Nc2cccc(Cl)c2)SC(=Nc2ccc(Cl)cc2)N1. The normalized spacial score (nSPS) is 18.7. The minimum Gasteiger partial charge on any atom is -0.325 e. The summed E-state index contributed by atoms with van der Waals surface area (Å²) >= 11 is 13.0. The Hall–Kier alpha value is -2.02. The molecule has 0 radical (unpaired) electrons. The number of benzene rings is 2. The van der Waals surface area contributed by atoms with Gasteiger partial charge in [0, 0.05) is 22.2 Å². The number of hydrogen-bond acceptors (Lipinski definition) is 4. The van der Waals surface area contributed by atoms with Gasteiger partial charge in [0.05, 0.1) is 5.69 Å². The van der Waals surface area contributed by atoms with Crippen molar-refractivity contribution in [3.8, 4) is 0 Å². The Morgan fingerprint density at radius 1 is 1.16 bits per heavy atom. The molecule has 0 bridgehead atoms. The first-order chi connectivity index (χ1) is 12.0. The summed E-state index contributed by atoms with van der Waals surface area (Å²) in [4.78, 5) is 28.7. The summed E-state index contributed by atoms with van der Waals surface area (Å²) in [6, 6.07) is 13.7. The highest BCUT2D eigenvalue weighted by molar-refractivity contribution is 8.15. The first-order valence-corrected chi connectivity index (χ1v) is 9.00. The van der Waals surface area contributed by atoms with E-state index in [0.717, 1.165) is 0 Å². The van der Waals surface area contributed by atoms with Crippen LogP contribution >= 0.6 is 35.0 Å². The van der Waals surface area contributed by atoms with E-state index < -0.39 is 5.25 Å². The molecule has 0 aliphatic carbocycles. The number of thioether (sulfide) groups is 1. The lowest BCUT2D eigenvalue weighted by molar-refractivity contribution is -0.123. The van der Waals surface area contributed by atoms with E-state index in [-0.39, 0.29) is 18.2 Å². The third-order valence-electron chi connectivity index (χ3n) is 3.31.